The van der Waals surface area contributed by atoms with Crippen molar-refractivity contribution in [2.24, 2.45) is 0 Å². The molecule has 1 N–H and O–H groups in total. The molecule has 7 heteroatoms. The number of nitrogens with zero attached hydrogens (tertiary/aromatic N) is 2. The molecule has 1 aliphatic heterocycles. The maximum Gasteiger partial charge on any atom is 0.347 e. The molecule has 0 spiro atoms. The summed E-state index contributed by atoms with van der Waals surface area (Å²) in [5.74, 6) is 0. The summed E-state index contributed by atoms with van der Waals surface area (Å²) in [4.78, 5) is 13.8. The number of rotatable bonds is 3. The van der Waals surface area contributed by atoms with Crippen LogP contribution in [0, 0.1) is 10.1 Å². The number of thiazole rings is 1. The lowest BCUT2D eigenvalue weighted by Gasteiger charge is -2.21. The highest BCUT2D eigenvalue weighted by molar-refractivity contribution is 7.16. The maximum atomic E-state index is 10.4. The molecule has 82 valence electrons. The van der Waals surface area contributed by atoms with E-state index in [0.29, 0.717) is 5.19 Å². The fourth-order valence-electron chi connectivity index (χ4n) is 1.44. The van der Waals surface area contributed by atoms with Crippen molar-refractivity contribution in [2.75, 3.05) is 13.1 Å². The molecule has 0 amide bonds. The minimum atomic E-state index is -0.451. The van der Waals surface area contributed by atoms with E-state index in [0.717, 1.165) is 37.3 Å². The van der Waals surface area contributed by atoms with Gasteiger partial charge in [-0.25, -0.2) is 4.98 Å². The molecule has 0 radical (unpaired) electrons. The monoisotopic (exact) mass is 229 g/mol. The van der Waals surface area contributed by atoms with Gasteiger partial charge < -0.3 is 10.1 Å². The van der Waals surface area contributed by atoms with Gasteiger partial charge in [0.15, 0.2) is 0 Å². The number of nitrogens with one attached hydrogen (secondary N) is 1. The van der Waals surface area contributed by atoms with Crippen molar-refractivity contribution in [3.63, 3.8) is 0 Å². The predicted octanol–water partition coefficient (Wildman–Crippen LogP) is 1.18. The fraction of sp³-hybridized carbons (Fsp3) is 0.625. The molecule has 0 saturated carbocycles. The molecular weight excluding hydrogens is 218 g/mol. The molecule has 1 aromatic rings. The molecular formula is C8H11N3O3S. The number of aromatic nitrogens is 1. The van der Waals surface area contributed by atoms with Crippen molar-refractivity contribution < 1.29 is 9.66 Å². The van der Waals surface area contributed by atoms with Gasteiger partial charge in [-0.3, -0.25) is 10.1 Å². The summed E-state index contributed by atoms with van der Waals surface area (Å²) in [7, 11) is 0. The molecule has 1 aromatic heterocycles. The van der Waals surface area contributed by atoms with Crippen molar-refractivity contribution >= 4 is 16.3 Å². The zero-order valence-electron chi connectivity index (χ0n) is 8.01. The lowest BCUT2D eigenvalue weighted by molar-refractivity contribution is -0.380. The second kappa shape index (κ2) is 4.54. The van der Waals surface area contributed by atoms with Gasteiger partial charge >= 0.3 is 5.00 Å². The molecule has 15 heavy (non-hydrogen) atoms. The van der Waals surface area contributed by atoms with Gasteiger partial charge in [0.2, 0.25) is 0 Å². The van der Waals surface area contributed by atoms with E-state index in [2.05, 4.69) is 10.3 Å². The van der Waals surface area contributed by atoms with Crippen LogP contribution >= 0.6 is 11.3 Å². The second-order valence-corrected chi connectivity index (χ2v) is 4.26. The quantitative estimate of drug-likeness (QED) is 0.622. The molecule has 2 rings (SSSR count). The molecule has 2 heterocycles. The highest BCUT2D eigenvalue weighted by atomic mass is 32.1. The molecule has 1 saturated heterocycles. The smallest absolute Gasteiger partial charge is 0.347 e. The largest absolute Gasteiger partial charge is 0.466 e. The molecule has 0 atom stereocenters. The third kappa shape index (κ3) is 2.63. The van der Waals surface area contributed by atoms with Gasteiger partial charge in [-0.15, -0.1) is 0 Å². The summed E-state index contributed by atoms with van der Waals surface area (Å²) < 4.78 is 5.55. The van der Waals surface area contributed by atoms with Gasteiger partial charge in [-0.05, 0) is 37.3 Å². The van der Waals surface area contributed by atoms with Gasteiger partial charge in [-0.2, -0.15) is 0 Å². The Morgan fingerprint density at radius 1 is 1.60 bits per heavy atom. The first kappa shape index (κ1) is 10.3. The van der Waals surface area contributed by atoms with Crippen molar-refractivity contribution in [1.29, 1.82) is 0 Å². The molecule has 6 nitrogen and oxygen atoms in total. The Balaban J connectivity index is 1.94. The van der Waals surface area contributed by atoms with E-state index in [4.69, 9.17) is 4.74 Å². The Bertz CT molecular complexity index is 349. The first-order valence-electron chi connectivity index (χ1n) is 4.73. The Morgan fingerprint density at radius 3 is 2.93 bits per heavy atom. The second-order valence-electron chi connectivity index (χ2n) is 3.29. The summed E-state index contributed by atoms with van der Waals surface area (Å²) in [6.07, 6.45) is 3.22. The van der Waals surface area contributed by atoms with Crippen molar-refractivity contribution in [3.8, 4) is 5.19 Å². The third-order valence-corrected chi connectivity index (χ3v) is 3.05. The van der Waals surface area contributed by atoms with E-state index < -0.39 is 4.92 Å². The van der Waals surface area contributed by atoms with Crippen LogP contribution in [-0.2, 0) is 0 Å². The van der Waals surface area contributed by atoms with Gasteiger partial charge in [0.05, 0.1) is 4.92 Å². The van der Waals surface area contributed by atoms with Gasteiger partial charge in [0, 0.05) is 0 Å². The minimum Gasteiger partial charge on any atom is -0.466 e. The van der Waals surface area contributed by atoms with E-state index >= 15 is 0 Å². The van der Waals surface area contributed by atoms with E-state index in [1.54, 1.807) is 0 Å². The molecule has 0 aliphatic carbocycles. The van der Waals surface area contributed by atoms with Crippen LogP contribution in [0.5, 0.6) is 5.19 Å². The van der Waals surface area contributed by atoms with Gasteiger partial charge in [0.25, 0.3) is 5.19 Å². The Hall–Kier alpha value is -1.21. The van der Waals surface area contributed by atoms with E-state index in [1.807, 2.05) is 0 Å². The van der Waals surface area contributed by atoms with Crippen molar-refractivity contribution in [1.82, 2.24) is 10.3 Å². The summed E-state index contributed by atoms with van der Waals surface area (Å²) in [5, 5.41) is 14.1. The summed E-state index contributed by atoms with van der Waals surface area (Å²) in [6, 6.07) is 0. The lowest BCUT2D eigenvalue weighted by Crippen LogP contribution is -2.34. The fourth-order valence-corrected chi connectivity index (χ4v) is 2.09. The molecule has 0 bridgehead atoms. The highest BCUT2D eigenvalue weighted by Gasteiger charge is 2.18. The highest BCUT2D eigenvalue weighted by Crippen LogP contribution is 2.28. The van der Waals surface area contributed by atoms with Crippen LogP contribution in [0.3, 0.4) is 0 Å². The lowest BCUT2D eigenvalue weighted by atomic mass is 10.1. The van der Waals surface area contributed by atoms with Crippen LogP contribution < -0.4 is 10.1 Å². The standard InChI is InChI=1S/C8H11N3O3S/c12-11(13)7-5-10-8(15-7)14-6-1-3-9-4-2-6/h5-6,9H,1-4H2. The van der Waals surface area contributed by atoms with Crippen LogP contribution in [0.25, 0.3) is 0 Å². The Labute approximate surface area is 90.4 Å². The maximum absolute atomic E-state index is 10.4. The number of nitro groups is 1. The minimum absolute atomic E-state index is 0.0268. The summed E-state index contributed by atoms with van der Waals surface area (Å²) in [6.45, 7) is 1.86. The Morgan fingerprint density at radius 2 is 2.33 bits per heavy atom. The topological polar surface area (TPSA) is 77.3 Å². The molecule has 1 fully saturated rings. The van der Waals surface area contributed by atoms with Crippen LogP contribution in [0.15, 0.2) is 6.20 Å². The third-order valence-electron chi connectivity index (χ3n) is 2.21. The number of piperidine rings is 1. The van der Waals surface area contributed by atoms with Crippen molar-refractivity contribution in [2.45, 2.75) is 18.9 Å². The number of hydrogen-bond donors (Lipinski definition) is 1. The predicted molar refractivity (Wildman–Crippen MR) is 55.3 cm³/mol. The van der Waals surface area contributed by atoms with Crippen LogP contribution in [0.1, 0.15) is 12.8 Å². The average Bonchev–Trinajstić information content (AvgIpc) is 2.68. The number of ether oxygens (including phenoxy) is 1. The molecule has 1 aliphatic rings. The zero-order valence-corrected chi connectivity index (χ0v) is 8.83. The number of hydrogen-bond acceptors (Lipinski definition) is 6. The average molecular weight is 229 g/mol. The Kier molecular flexibility index (Phi) is 3.12. The van der Waals surface area contributed by atoms with Crippen LogP contribution in [-0.4, -0.2) is 29.1 Å². The van der Waals surface area contributed by atoms with Gasteiger partial charge in [0.1, 0.15) is 12.3 Å². The zero-order chi connectivity index (χ0) is 10.7. The van der Waals surface area contributed by atoms with E-state index in [1.165, 1.54) is 6.20 Å². The normalized spacial score (nSPS) is 17.6. The van der Waals surface area contributed by atoms with Crippen LogP contribution in [0.4, 0.5) is 5.00 Å². The first-order chi connectivity index (χ1) is 7.25. The SMILES string of the molecule is O=[N+]([O-])c1cnc(OC2CCNCC2)s1. The summed E-state index contributed by atoms with van der Waals surface area (Å²) >= 11 is 0.982. The van der Waals surface area contributed by atoms with E-state index in [9.17, 15) is 10.1 Å². The van der Waals surface area contributed by atoms with Gasteiger partial charge in [-0.1, -0.05) is 0 Å². The van der Waals surface area contributed by atoms with Crippen molar-refractivity contribution in [3.05, 3.63) is 16.3 Å². The van der Waals surface area contributed by atoms with E-state index in [-0.39, 0.29) is 11.1 Å². The first-order valence-corrected chi connectivity index (χ1v) is 5.55. The summed E-state index contributed by atoms with van der Waals surface area (Å²) in [5.41, 5.74) is 0. The molecule has 0 aromatic carbocycles. The molecule has 0 unspecified atom stereocenters. The van der Waals surface area contributed by atoms with Crippen LogP contribution in [0.2, 0.25) is 0 Å².